The Hall–Kier alpha value is -2.00. The number of aryl methyl sites for hydroxylation is 1. The molecular weight excluding hydrogens is 400 g/mol. The third-order valence-electron chi connectivity index (χ3n) is 5.41. The van der Waals surface area contributed by atoms with Gasteiger partial charge in [0.2, 0.25) is 0 Å². The van der Waals surface area contributed by atoms with E-state index in [1.807, 2.05) is 12.1 Å². The average molecular weight is 433 g/mol. The van der Waals surface area contributed by atoms with Crippen molar-refractivity contribution < 1.29 is 9.47 Å². The van der Waals surface area contributed by atoms with Crippen LogP contribution in [0.15, 0.2) is 29.1 Å². The molecule has 2 heterocycles. The van der Waals surface area contributed by atoms with E-state index in [4.69, 9.17) is 21.7 Å². The molecule has 0 spiro atoms. The summed E-state index contributed by atoms with van der Waals surface area (Å²) in [5.41, 5.74) is 2.76. The second kappa shape index (κ2) is 11.4. The third kappa shape index (κ3) is 6.25. The van der Waals surface area contributed by atoms with Crippen molar-refractivity contribution in [1.82, 2.24) is 20.1 Å². The number of nitrogens with one attached hydrogen (secondary N) is 2. The number of rotatable bonds is 9. The number of fused-ring (bicyclic) bond motifs is 1. The SMILES string of the molecule is CCc1ccc2[nH]c(=O)c(CN(CCN3CCOCC3)C(=S)NCCOC)cc2c1. The molecular formula is C22H32N4O3S. The molecule has 1 fully saturated rings. The second-order valence-corrected chi connectivity index (χ2v) is 7.89. The van der Waals surface area contributed by atoms with Crippen molar-refractivity contribution in [1.29, 1.82) is 0 Å². The lowest BCUT2D eigenvalue weighted by atomic mass is 10.1. The molecule has 2 N–H and O–H groups in total. The lowest BCUT2D eigenvalue weighted by Gasteiger charge is -2.31. The van der Waals surface area contributed by atoms with Crippen molar-refractivity contribution in [3.8, 4) is 0 Å². The quantitative estimate of drug-likeness (QED) is 0.462. The van der Waals surface area contributed by atoms with Gasteiger partial charge in [-0.1, -0.05) is 13.0 Å². The van der Waals surface area contributed by atoms with Crippen LogP contribution in [0, 0.1) is 0 Å². The normalized spacial score (nSPS) is 14.7. The van der Waals surface area contributed by atoms with Crippen LogP contribution in [0.1, 0.15) is 18.1 Å². The first-order valence-corrected chi connectivity index (χ1v) is 11.0. The second-order valence-electron chi connectivity index (χ2n) is 7.50. The maximum absolute atomic E-state index is 12.7. The molecule has 164 valence electrons. The monoisotopic (exact) mass is 432 g/mol. The number of thiocarbonyl (C=S) groups is 1. The van der Waals surface area contributed by atoms with Crippen molar-refractivity contribution in [2.45, 2.75) is 19.9 Å². The number of aromatic nitrogens is 1. The van der Waals surface area contributed by atoms with E-state index in [9.17, 15) is 4.79 Å². The van der Waals surface area contributed by atoms with Gasteiger partial charge in [0.15, 0.2) is 5.11 Å². The zero-order valence-electron chi connectivity index (χ0n) is 17.9. The summed E-state index contributed by atoms with van der Waals surface area (Å²) in [6, 6.07) is 8.17. The number of ether oxygens (including phenoxy) is 2. The summed E-state index contributed by atoms with van der Waals surface area (Å²) in [4.78, 5) is 20.2. The molecule has 0 amide bonds. The third-order valence-corrected chi connectivity index (χ3v) is 5.82. The molecule has 0 radical (unpaired) electrons. The van der Waals surface area contributed by atoms with E-state index in [-0.39, 0.29) is 5.56 Å². The minimum absolute atomic E-state index is 0.0668. The summed E-state index contributed by atoms with van der Waals surface area (Å²) >= 11 is 5.64. The van der Waals surface area contributed by atoms with Crippen LogP contribution in [0.3, 0.4) is 0 Å². The molecule has 0 bridgehead atoms. The first-order valence-electron chi connectivity index (χ1n) is 10.6. The van der Waals surface area contributed by atoms with Gasteiger partial charge in [-0.05, 0) is 47.8 Å². The Kier molecular flexibility index (Phi) is 8.62. The number of aromatic amines is 1. The number of hydrogen-bond acceptors (Lipinski definition) is 5. The minimum atomic E-state index is -0.0668. The maximum atomic E-state index is 12.7. The fraction of sp³-hybridized carbons (Fsp3) is 0.545. The highest BCUT2D eigenvalue weighted by Gasteiger charge is 2.16. The first-order chi connectivity index (χ1) is 14.6. The smallest absolute Gasteiger partial charge is 0.253 e. The van der Waals surface area contributed by atoms with E-state index < -0.39 is 0 Å². The predicted molar refractivity (Wildman–Crippen MR) is 124 cm³/mol. The zero-order chi connectivity index (χ0) is 21.3. The molecule has 8 heteroatoms. The van der Waals surface area contributed by atoms with Gasteiger partial charge in [-0.3, -0.25) is 9.69 Å². The van der Waals surface area contributed by atoms with Gasteiger partial charge in [-0.15, -0.1) is 0 Å². The molecule has 7 nitrogen and oxygen atoms in total. The Morgan fingerprint density at radius 1 is 1.33 bits per heavy atom. The highest BCUT2D eigenvalue weighted by atomic mass is 32.1. The molecule has 0 saturated carbocycles. The first kappa shape index (κ1) is 22.7. The highest BCUT2D eigenvalue weighted by Crippen LogP contribution is 2.15. The van der Waals surface area contributed by atoms with E-state index in [0.717, 1.165) is 56.7 Å². The minimum Gasteiger partial charge on any atom is -0.383 e. The number of benzene rings is 1. The van der Waals surface area contributed by atoms with E-state index in [2.05, 4.69) is 39.2 Å². The molecule has 0 aliphatic carbocycles. The summed E-state index contributed by atoms with van der Waals surface area (Å²) in [6.45, 7) is 8.80. The van der Waals surface area contributed by atoms with Gasteiger partial charge >= 0.3 is 0 Å². The molecule has 2 aromatic rings. The van der Waals surface area contributed by atoms with E-state index in [1.54, 1.807) is 7.11 Å². The predicted octanol–water partition coefficient (Wildman–Crippen LogP) is 1.75. The van der Waals surface area contributed by atoms with Gasteiger partial charge in [-0.2, -0.15) is 0 Å². The number of methoxy groups -OCH3 is 1. The van der Waals surface area contributed by atoms with Gasteiger partial charge < -0.3 is 24.7 Å². The molecule has 30 heavy (non-hydrogen) atoms. The van der Waals surface area contributed by atoms with Crippen molar-refractivity contribution >= 4 is 28.2 Å². The van der Waals surface area contributed by atoms with Crippen molar-refractivity contribution in [3.05, 3.63) is 45.7 Å². The molecule has 1 saturated heterocycles. The molecule has 0 unspecified atom stereocenters. The summed E-state index contributed by atoms with van der Waals surface area (Å²) in [5.74, 6) is 0. The molecule has 1 aliphatic heterocycles. The lowest BCUT2D eigenvalue weighted by Crippen LogP contribution is -2.46. The molecule has 1 aromatic heterocycles. The van der Waals surface area contributed by atoms with Crippen molar-refractivity contribution in [2.75, 3.05) is 59.7 Å². The van der Waals surface area contributed by atoms with Gasteiger partial charge in [0.1, 0.15) is 0 Å². The van der Waals surface area contributed by atoms with Crippen LogP contribution in [0.25, 0.3) is 10.9 Å². The van der Waals surface area contributed by atoms with Crippen LogP contribution in [0.5, 0.6) is 0 Å². The summed E-state index contributed by atoms with van der Waals surface area (Å²) < 4.78 is 10.6. The molecule has 3 rings (SSSR count). The Morgan fingerprint density at radius 2 is 2.13 bits per heavy atom. The van der Waals surface area contributed by atoms with E-state index in [1.165, 1.54) is 5.56 Å². The fourth-order valence-corrected chi connectivity index (χ4v) is 3.81. The Morgan fingerprint density at radius 3 is 2.87 bits per heavy atom. The summed E-state index contributed by atoms with van der Waals surface area (Å²) in [6.07, 6.45) is 0.962. The number of nitrogens with zero attached hydrogens (tertiary/aromatic N) is 2. The van der Waals surface area contributed by atoms with Crippen molar-refractivity contribution in [2.24, 2.45) is 0 Å². The molecule has 1 aromatic carbocycles. The Bertz CT molecular complexity index is 896. The maximum Gasteiger partial charge on any atom is 0.253 e. The summed E-state index contributed by atoms with van der Waals surface area (Å²) in [7, 11) is 1.67. The van der Waals surface area contributed by atoms with Gasteiger partial charge in [0.05, 0.1) is 26.4 Å². The molecule has 1 aliphatic rings. The number of pyridine rings is 1. The van der Waals surface area contributed by atoms with Crippen LogP contribution in [-0.2, 0) is 22.4 Å². The topological polar surface area (TPSA) is 69.8 Å². The van der Waals surface area contributed by atoms with Crippen molar-refractivity contribution in [3.63, 3.8) is 0 Å². The van der Waals surface area contributed by atoms with Gasteiger partial charge in [-0.25, -0.2) is 0 Å². The molecule has 0 atom stereocenters. The van der Waals surface area contributed by atoms with Crippen LogP contribution in [0.2, 0.25) is 0 Å². The Labute approximate surface area is 183 Å². The average Bonchev–Trinajstić information content (AvgIpc) is 2.77. The van der Waals surface area contributed by atoms with Gasteiger partial charge in [0.25, 0.3) is 5.56 Å². The zero-order valence-corrected chi connectivity index (χ0v) is 18.7. The van der Waals surface area contributed by atoms with Crippen LogP contribution < -0.4 is 10.9 Å². The standard InChI is InChI=1S/C22H32N4O3S/c1-3-17-4-5-20-18(14-17)15-19(21(27)24-20)16-26(22(30)23-6-11-28-2)8-7-25-9-12-29-13-10-25/h4-5,14-15H,3,6-13,16H2,1-2H3,(H,23,30)(H,24,27). The fourth-order valence-electron chi connectivity index (χ4n) is 3.56. The van der Waals surface area contributed by atoms with E-state index >= 15 is 0 Å². The van der Waals surface area contributed by atoms with Crippen LogP contribution in [0.4, 0.5) is 0 Å². The largest absolute Gasteiger partial charge is 0.383 e. The Balaban J connectivity index is 1.76. The van der Waals surface area contributed by atoms with E-state index in [0.29, 0.717) is 30.4 Å². The van der Waals surface area contributed by atoms with Gasteiger partial charge in [0, 0.05) is 50.9 Å². The number of hydrogen-bond donors (Lipinski definition) is 2. The number of morpholine rings is 1. The summed E-state index contributed by atoms with van der Waals surface area (Å²) in [5, 5.41) is 4.94. The van der Waals surface area contributed by atoms with Crippen LogP contribution >= 0.6 is 12.2 Å². The number of H-pyrrole nitrogens is 1. The lowest BCUT2D eigenvalue weighted by molar-refractivity contribution is 0.0357. The highest BCUT2D eigenvalue weighted by molar-refractivity contribution is 7.80. The van der Waals surface area contributed by atoms with Crippen LogP contribution in [-0.4, -0.2) is 79.6 Å².